The van der Waals surface area contributed by atoms with Crippen molar-refractivity contribution in [3.63, 3.8) is 0 Å². The standard InChI is InChI=1S/C10H16N4/c11-8-3-5-14(6-4-8)9-1-2-10(12)13-7-9/h1-2,7-8H,3-6,11H2,(H2,12,13). The molecule has 0 unspecified atom stereocenters. The topological polar surface area (TPSA) is 68.2 Å². The number of nitrogens with two attached hydrogens (primary N) is 2. The van der Waals surface area contributed by atoms with Crippen LogP contribution in [0.4, 0.5) is 11.5 Å². The van der Waals surface area contributed by atoms with Gasteiger partial charge in [-0.25, -0.2) is 4.98 Å². The van der Waals surface area contributed by atoms with E-state index in [1.54, 1.807) is 0 Å². The van der Waals surface area contributed by atoms with Crippen LogP contribution in [-0.2, 0) is 0 Å². The molecule has 0 aliphatic carbocycles. The van der Waals surface area contributed by atoms with E-state index in [0.717, 1.165) is 31.6 Å². The van der Waals surface area contributed by atoms with Gasteiger partial charge >= 0.3 is 0 Å². The second-order valence-electron chi connectivity index (χ2n) is 3.77. The summed E-state index contributed by atoms with van der Waals surface area (Å²) < 4.78 is 0. The van der Waals surface area contributed by atoms with E-state index in [-0.39, 0.29) is 0 Å². The van der Waals surface area contributed by atoms with E-state index in [4.69, 9.17) is 11.5 Å². The fraction of sp³-hybridized carbons (Fsp3) is 0.500. The molecule has 4 nitrogen and oxygen atoms in total. The second kappa shape index (κ2) is 3.84. The number of nitrogens with zero attached hydrogens (tertiary/aromatic N) is 2. The third kappa shape index (κ3) is 1.96. The van der Waals surface area contributed by atoms with Crippen LogP contribution < -0.4 is 16.4 Å². The van der Waals surface area contributed by atoms with Crippen molar-refractivity contribution in [3.05, 3.63) is 18.3 Å². The first-order valence-corrected chi connectivity index (χ1v) is 4.98. The Morgan fingerprint density at radius 2 is 2.00 bits per heavy atom. The summed E-state index contributed by atoms with van der Waals surface area (Å²) in [6.45, 7) is 2.04. The summed E-state index contributed by atoms with van der Waals surface area (Å²) in [5, 5.41) is 0. The van der Waals surface area contributed by atoms with Gasteiger partial charge in [0.1, 0.15) is 5.82 Å². The van der Waals surface area contributed by atoms with Gasteiger partial charge in [-0.05, 0) is 25.0 Å². The number of aromatic nitrogens is 1. The Morgan fingerprint density at radius 1 is 1.29 bits per heavy atom. The predicted molar refractivity (Wildman–Crippen MR) is 58.1 cm³/mol. The first-order valence-electron chi connectivity index (χ1n) is 4.98. The van der Waals surface area contributed by atoms with Gasteiger partial charge in [-0.2, -0.15) is 0 Å². The molecule has 1 saturated heterocycles. The third-order valence-corrected chi connectivity index (χ3v) is 2.68. The highest BCUT2D eigenvalue weighted by atomic mass is 15.1. The number of pyridine rings is 1. The van der Waals surface area contributed by atoms with E-state index in [0.29, 0.717) is 11.9 Å². The predicted octanol–water partition coefficient (Wildman–Crippen LogP) is 0.591. The summed E-state index contributed by atoms with van der Waals surface area (Å²) >= 11 is 0. The van der Waals surface area contributed by atoms with Crippen molar-refractivity contribution < 1.29 is 0 Å². The van der Waals surface area contributed by atoms with Crippen molar-refractivity contribution in [3.8, 4) is 0 Å². The fourth-order valence-corrected chi connectivity index (χ4v) is 1.74. The Kier molecular flexibility index (Phi) is 2.54. The number of hydrogen-bond donors (Lipinski definition) is 2. The van der Waals surface area contributed by atoms with Crippen molar-refractivity contribution in [2.45, 2.75) is 18.9 Å². The van der Waals surface area contributed by atoms with Crippen LogP contribution in [-0.4, -0.2) is 24.1 Å². The summed E-state index contributed by atoms with van der Waals surface area (Å²) in [7, 11) is 0. The minimum absolute atomic E-state index is 0.369. The van der Waals surface area contributed by atoms with Crippen LogP contribution in [0.2, 0.25) is 0 Å². The molecule has 76 valence electrons. The first kappa shape index (κ1) is 9.27. The van der Waals surface area contributed by atoms with E-state index in [1.807, 2.05) is 18.3 Å². The van der Waals surface area contributed by atoms with Crippen LogP contribution in [0.15, 0.2) is 18.3 Å². The van der Waals surface area contributed by atoms with Crippen LogP contribution in [0, 0.1) is 0 Å². The molecule has 4 heteroatoms. The van der Waals surface area contributed by atoms with E-state index in [1.165, 1.54) is 0 Å². The van der Waals surface area contributed by atoms with Crippen molar-refractivity contribution in [1.82, 2.24) is 4.98 Å². The molecule has 4 N–H and O–H groups in total. The Balaban J connectivity index is 2.05. The molecular formula is C10H16N4. The zero-order chi connectivity index (χ0) is 9.97. The molecule has 1 aliphatic rings. The average molecular weight is 192 g/mol. The maximum atomic E-state index is 5.84. The minimum Gasteiger partial charge on any atom is -0.384 e. The maximum absolute atomic E-state index is 5.84. The van der Waals surface area contributed by atoms with E-state index >= 15 is 0 Å². The van der Waals surface area contributed by atoms with Gasteiger partial charge in [0.2, 0.25) is 0 Å². The fourth-order valence-electron chi connectivity index (χ4n) is 1.74. The number of anilines is 2. The molecule has 1 aromatic heterocycles. The molecule has 1 aliphatic heterocycles. The van der Waals surface area contributed by atoms with Crippen LogP contribution >= 0.6 is 0 Å². The summed E-state index contributed by atoms with van der Waals surface area (Å²) in [4.78, 5) is 6.38. The number of hydrogen-bond acceptors (Lipinski definition) is 4. The van der Waals surface area contributed by atoms with Gasteiger partial charge in [0.15, 0.2) is 0 Å². The highest BCUT2D eigenvalue weighted by Crippen LogP contribution is 2.18. The highest BCUT2D eigenvalue weighted by molar-refractivity contribution is 5.48. The monoisotopic (exact) mass is 192 g/mol. The van der Waals surface area contributed by atoms with Crippen LogP contribution in [0.5, 0.6) is 0 Å². The maximum Gasteiger partial charge on any atom is 0.123 e. The van der Waals surface area contributed by atoms with Crippen molar-refractivity contribution in [2.24, 2.45) is 5.73 Å². The molecule has 0 bridgehead atoms. The molecule has 0 spiro atoms. The molecule has 1 fully saturated rings. The lowest BCUT2D eigenvalue weighted by Crippen LogP contribution is -2.39. The van der Waals surface area contributed by atoms with Crippen LogP contribution in [0.3, 0.4) is 0 Å². The number of rotatable bonds is 1. The summed E-state index contributed by atoms with van der Waals surface area (Å²) in [5.41, 5.74) is 12.5. The van der Waals surface area contributed by atoms with E-state index < -0.39 is 0 Å². The Labute approximate surface area is 83.9 Å². The summed E-state index contributed by atoms with van der Waals surface area (Å²) in [6.07, 6.45) is 3.95. The van der Waals surface area contributed by atoms with Gasteiger partial charge in [-0.1, -0.05) is 0 Å². The van der Waals surface area contributed by atoms with Crippen LogP contribution in [0.1, 0.15) is 12.8 Å². The van der Waals surface area contributed by atoms with Crippen LogP contribution in [0.25, 0.3) is 0 Å². The second-order valence-corrected chi connectivity index (χ2v) is 3.77. The van der Waals surface area contributed by atoms with Gasteiger partial charge in [0.05, 0.1) is 11.9 Å². The third-order valence-electron chi connectivity index (χ3n) is 2.68. The lowest BCUT2D eigenvalue weighted by molar-refractivity contribution is 0.501. The molecule has 14 heavy (non-hydrogen) atoms. The SMILES string of the molecule is Nc1ccc(N2CCC(N)CC2)cn1. The van der Waals surface area contributed by atoms with Crippen molar-refractivity contribution in [2.75, 3.05) is 23.7 Å². The Morgan fingerprint density at radius 3 is 2.57 bits per heavy atom. The van der Waals surface area contributed by atoms with E-state index in [9.17, 15) is 0 Å². The molecular weight excluding hydrogens is 176 g/mol. The molecule has 1 aromatic rings. The average Bonchev–Trinajstić information content (AvgIpc) is 2.21. The molecule has 0 atom stereocenters. The molecule has 0 radical (unpaired) electrons. The summed E-state index contributed by atoms with van der Waals surface area (Å²) in [6, 6.07) is 4.22. The van der Waals surface area contributed by atoms with Gasteiger partial charge in [-0.15, -0.1) is 0 Å². The largest absolute Gasteiger partial charge is 0.384 e. The smallest absolute Gasteiger partial charge is 0.123 e. The van der Waals surface area contributed by atoms with Gasteiger partial charge in [0, 0.05) is 19.1 Å². The van der Waals surface area contributed by atoms with Gasteiger partial charge in [0.25, 0.3) is 0 Å². The van der Waals surface area contributed by atoms with Crippen molar-refractivity contribution >= 4 is 11.5 Å². The van der Waals surface area contributed by atoms with Crippen molar-refractivity contribution in [1.29, 1.82) is 0 Å². The zero-order valence-electron chi connectivity index (χ0n) is 8.19. The number of piperidine rings is 1. The Hall–Kier alpha value is -1.29. The normalized spacial score (nSPS) is 18.5. The van der Waals surface area contributed by atoms with E-state index in [2.05, 4.69) is 9.88 Å². The highest BCUT2D eigenvalue weighted by Gasteiger charge is 2.16. The van der Waals surface area contributed by atoms with Gasteiger partial charge in [-0.3, -0.25) is 0 Å². The lowest BCUT2D eigenvalue weighted by atomic mass is 10.1. The zero-order valence-corrected chi connectivity index (χ0v) is 8.19. The minimum atomic E-state index is 0.369. The number of nitrogen functional groups attached to an aromatic ring is 1. The lowest BCUT2D eigenvalue weighted by Gasteiger charge is -2.31. The Bertz CT molecular complexity index is 287. The molecule has 2 rings (SSSR count). The van der Waals surface area contributed by atoms with Gasteiger partial charge < -0.3 is 16.4 Å². The molecule has 0 saturated carbocycles. The first-order chi connectivity index (χ1) is 6.75. The molecule has 0 amide bonds. The summed E-state index contributed by atoms with van der Waals surface area (Å²) in [5.74, 6) is 0.572. The molecule has 0 aromatic carbocycles. The quantitative estimate of drug-likeness (QED) is 0.683. The molecule has 2 heterocycles.